The number of aliphatic hydroxyl groups is 1. The van der Waals surface area contributed by atoms with Gasteiger partial charge in [-0.3, -0.25) is 4.79 Å². The third-order valence-electron chi connectivity index (χ3n) is 5.56. The highest BCUT2D eigenvalue weighted by molar-refractivity contribution is 5.77. The number of hydrogen-bond donors (Lipinski definition) is 1. The molecule has 23 heavy (non-hydrogen) atoms. The molecule has 0 radical (unpaired) electrons. The maximum Gasteiger partial charge on any atom is 0.223 e. The van der Waals surface area contributed by atoms with Gasteiger partial charge in [-0.2, -0.15) is 0 Å². The lowest BCUT2D eigenvalue weighted by Gasteiger charge is -2.52. The fourth-order valence-electron chi connectivity index (χ4n) is 4.39. The van der Waals surface area contributed by atoms with Crippen LogP contribution < -0.4 is 0 Å². The molecule has 1 heterocycles. The second-order valence-electron chi connectivity index (χ2n) is 7.04. The van der Waals surface area contributed by atoms with Crippen molar-refractivity contribution in [2.45, 2.75) is 63.5 Å². The maximum absolute atomic E-state index is 13.3. The lowest BCUT2D eigenvalue weighted by Crippen LogP contribution is -2.56. The number of halogens is 1. The predicted molar refractivity (Wildman–Crippen MR) is 87.3 cm³/mol. The number of hydrogen-bond acceptors (Lipinski definition) is 2. The third-order valence-corrected chi connectivity index (χ3v) is 5.56. The molecule has 3 nitrogen and oxygen atoms in total. The topological polar surface area (TPSA) is 40.5 Å². The molecule has 2 aliphatic rings. The first kappa shape index (κ1) is 16.4. The van der Waals surface area contributed by atoms with Crippen LogP contribution in [0.15, 0.2) is 24.3 Å². The lowest BCUT2D eigenvalue weighted by molar-refractivity contribution is -0.155. The van der Waals surface area contributed by atoms with Gasteiger partial charge in [0, 0.05) is 18.9 Å². The average molecular weight is 319 g/mol. The molecule has 1 aliphatic carbocycles. The lowest BCUT2D eigenvalue weighted by atomic mass is 9.66. The van der Waals surface area contributed by atoms with Crippen molar-refractivity contribution in [2.75, 3.05) is 6.54 Å². The van der Waals surface area contributed by atoms with Crippen LogP contribution in [-0.4, -0.2) is 28.1 Å². The molecule has 1 saturated carbocycles. The van der Waals surface area contributed by atoms with Gasteiger partial charge < -0.3 is 10.0 Å². The first-order valence-corrected chi connectivity index (χ1v) is 8.82. The summed E-state index contributed by atoms with van der Waals surface area (Å²) in [5.41, 5.74) is 0.265. The SMILES string of the molecule is CCCC(=O)N1CC[C@@]2(O)CCCC[C@@H]2[C@@H]1c1ccc(F)cc1. The van der Waals surface area contributed by atoms with E-state index in [1.54, 1.807) is 12.1 Å². The number of amides is 1. The Morgan fingerprint density at radius 3 is 2.74 bits per heavy atom. The zero-order valence-corrected chi connectivity index (χ0v) is 13.8. The smallest absolute Gasteiger partial charge is 0.223 e. The highest BCUT2D eigenvalue weighted by Crippen LogP contribution is 2.49. The van der Waals surface area contributed by atoms with E-state index in [1.165, 1.54) is 12.1 Å². The molecule has 3 atom stereocenters. The van der Waals surface area contributed by atoms with Gasteiger partial charge in [-0.1, -0.05) is 31.9 Å². The zero-order chi connectivity index (χ0) is 16.4. The van der Waals surface area contributed by atoms with Gasteiger partial charge in [0.2, 0.25) is 5.91 Å². The van der Waals surface area contributed by atoms with E-state index in [9.17, 15) is 14.3 Å². The summed E-state index contributed by atoms with van der Waals surface area (Å²) in [6.07, 6.45) is 5.88. The van der Waals surface area contributed by atoms with Crippen molar-refractivity contribution in [1.82, 2.24) is 4.90 Å². The Labute approximate surface area is 137 Å². The van der Waals surface area contributed by atoms with E-state index in [4.69, 9.17) is 0 Å². The Balaban J connectivity index is 1.97. The molecule has 0 bridgehead atoms. The average Bonchev–Trinajstić information content (AvgIpc) is 2.54. The van der Waals surface area contributed by atoms with E-state index < -0.39 is 5.60 Å². The number of piperidine rings is 1. The summed E-state index contributed by atoms with van der Waals surface area (Å²) in [4.78, 5) is 14.5. The monoisotopic (exact) mass is 319 g/mol. The number of nitrogens with zero attached hydrogens (tertiary/aromatic N) is 1. The molecule has 1 amide bonds. The second-order valence-corrected chi connectivity index (χ2v) is 7.04. The molecule has 0 spiro atoms. The van der Waals surface area contributed by atoms with Gasteiger partial charge in [0.05, 0.1) is 11.6 Å². The van der Waals surface area contributed by atoms with Crippen molar-refractivity contribution in [3.05, 3.63) is 35.6 Å². The maximum atomic E-state index is 13.3. The predicted octanol–water partition coefficient (Wildman–Crippen LogP) is 3.82. The molecule has 126 valence electrons. The first-order valence-electron chi connectivity index (χ1n) is 8.82. The van der Waals surface area contributed by atoms with Crippen LogP contribution in [0, 0.1) is 11.7 Å². The van der Waals surface area contributed by atoms with Gasteiger partial charge >= 0.3 is 0 Å². The zero-order valence-electron chi connectivity index (χ0n) is 13.8. The van der Waals surface area contributed by atoms with Gasteiger partial charge in [-0.15, -0.1) is 0 Å². The Morgan fingerprint density at radius 1 is 1.30 bits per heavy atom. The molecule has 0 unspecified atom stereocenters. The molecule has 2 fully saturated rings. The number of rotatable bonds is 3. The Kier molecular flexibility index (Phi) is 4.72. The molecule has 3 rings (SSSR count). The molecular formula is C19H26FNO2. The van der Waals surface area contributed by atoms with E-state index in [2.05, 4.69) is 0 Å². The number of carbonyl (C=O) groups is 1. The Bertz CT molecular complexity index is 559. The molecular weight excluding hydrogens is 293 g/mol. The highest BCUT2D eigenvalue weighted by Gasteiger charge is 2.49. The van der Waals surface area contributed by atoms with E-state index in [-0.39, 0.29) is 23.7 Å². The van der Waals surface area contributed by atoms with E-state index in [1.807, 2.05) is 11.8 Å². The minimum Gasteiger partial charge on any atom is -0.389 e. The van der Waals surface area contributed by atoms with Gasteiger partial charge in [-0.05, 0) is 43.4 Å². The van der Waals surface area contributed by atoms with Gasteiger partial charge in [0.15, 0.2) is 0 Å². The van der Waals surface area contributed by atoms with Crippen molar-refractivity contribution in [1.29, 1.82) is 0 Å². The van der Waals surface area contributed by atoms with Gasteiger partial charge in [0.25, 0.3) is 0 Å². The van der Waals surface area contributed by atoms with E-state index in [0.29, 0.717) is 19.4 Å². The van der Waals surface area contributed by atoms with Gasteiger partial charge in [-0.25, -0.2) is 4.39 Å². The molecule has 1 aliphatic heterocycles. The molecule has 1 saturated heterocycles. The normalized spacial score (nSPS) is 30.8. The minimum atomic E-state index is -0.680. The van der Waals surface area contributed by atoms with Crippen LogP contribution >= 0.6 is 0 Å². The standard InChI is InChI=1S/C19H26FNO2/c1-2-5-17(22)21-13-12-19(23)11-4-3-6-16(19)18(21)14-7-9-15(20)10-8-14/h7-10,16,18,23H,2-6,11-13H2,1H3/t16-,18+,19+/m1/s1. The number of carbonyl (C=O) groups excluding carboxylic acids is 1. The van der Waals surface area contributed by atoms with Crippen LogP contribution in [0.1, 0.15) is 63.5 Å². The van der Waals surface area contributed by atoms with Crippen molar-refractivity contribution in [3.8, 4) is 0 Å². The van der Waals surface area contributed by atoms with E-state index >= 15 is 0 Å². The summed E-state index contributed by atoms with van der Waals surface area (Å²) < 4.78 is 13.3. The summed E-state index contributed by atoms with van der Waals surface area (Å²) in [6, 6.07) is 6.32. The number of fused-ring (bicyclic) bond motifs is 1. The Morgan fingerprint density at radius 2 is 2.04 bits per heavy atom. The number of benzene rings is 1. The van der Waals surface area contributed by atoms with Crippen LogP contribution in [0.2, 0.25) is 0 Å². The largest absolute Gasteiger partial charge is 0.389 e. The fraction of sp³-hybridized carbons (Fsp3) is 0.632. The quantitative estimate of drug-likeness (QED) is 0.920. The van der Waals surface area contributed by atoms with Crippen LogP contribution in [0.25, 0.3) is 0 Å². The van der Waals surface area contributed by atoms with Gasteiger partial charge in [0.1, 0.15) is 5.82 Å². The fourth-order valence-corrected chi connectivity index (χ4v) is 4.39. The first-order chi connectivity index (χ1) is 11.0. The summed E-state index contributed by atoms with van der Waals surface area (Å²) in [5, 5.41) is 11.1. The van der Waals surface area contributed by atoms with Crippen molar-refractivity contribution in [3.63, 3.8) is 0 Å². The van der Waals surface area contributed by atoms with Crippen LogP contribution in [-0.2, 0) is 4.79 Å². The van der Waals surface area contributed by atoms with Crippen molar-refractivity contribution in [2.24, 2.45) is 5.92 Å². The minimum absolute atomic E-state index is 0.0521. The second kappa shape index (κ2) is 6.60. The summed E-state index contributed by atoms with van der Waals surface area (Å²) >= 11 is 0. The van der Waals surface area contributed by atoms with Crippen LogP contribution in [0.3, 0.4) is 0 Å². The molecule has 1 aromatic carbocycles. The molecule has 0 aromatic heterocycles. The summed E-state index contributed by atoms with van der Waals surface area (Å²) in [7, 11) is 0. The van der Waals surface area contributed by atoms with Crippen LogP contribution in [0.4, 0.5) is 4.39 Å². The third kappa shape index (κ3) is 3.14. The van der Waals surface area contributed by atoms with Crippen molar-refractivity contribution < 1.29 is 14.3 Å². The molecule has 4 heteroatoms. The molecule has 1 aromatic rings. The summed E-state index contributed by atoms with van der Waals surface area (Å²) in [5.74, 6) is -0.0689. The summed E-state index contributed by atoms with van der Waals surface area (Å²) in [6.45, 7) is 2.60. The number of likely N-dealkylation sites (tertiary alicyclic amines) is 1. The van der Waals surface area contributed by atoms with Crippen LogP contribution in [0.5, 0.6) is 0 Å². The van der Waals surface area contributed by atoms with E-state index in [0.717, 1.165) is 37.7 Å². The molecule has 1 N–H and O–H groups in total. The van der Waals surface area contributed by atoms with Crippen molar-refractivity contribution >= 4 is 5.91 Å². The Hall–Kier alpha value is -1.42. The highest BCUT2D eigenvalue weighted by atomic mass is 19.1.